The van der Waals surface area contributed by atoms with Crippen molar-refractivity contribution in [1.82, 2.24) is 5.32 Å². The highest BCUT2D eigenvalue weighted by atomic mass is 16.1. The number of amides is 1. The molecule has 4 aliphatic rings. The van der Waals surface area contributed by atoms with Crippen LogP contribution in [0, 0.1) is 40.4 Å². The third-order valence-corrected chi connectivity index (χ3v) is 9.57. The van der Waals surface area contributed by atoms with Crippen molar-refractivity contribution < 1.29 is 4.79 Å². The van der Waals surface area contributed by atoms with Crippen LogP contribution in [0.4, 0.5) is 0 Å². The molecular formula is C23H39NO. The second kappa shape index (κ2) is 6.27. The van der Waals surface area contributed by atoms with E-state index in [1.807, 2.05) is 0 Å². The number of piperidine rings is 1. The zero-order chi connectivity index (χ0) is 17.8. The molecular weight excluding hydrogens is 306 g/mol. The van der Waals surface area contributed by atoms with E-state index >= 15 is 0 Å². The largest absolute Gasteiger partial charge is 0.353 e. The summed E-state index contributed by atoms with van der Waals surface area (Å²) in [5, 5.41) is 3.39. The molecule has 2 heteroatoms. The van der Waals surface area contributed by atoms with Gasteiger partial charge in [-0.15, -0.1) is 0 Å². The number of nitrogens with one attached hydrogen (secondary N) is 1. The van der Waals surface area contributed by atoms with Crippen molar-refractivity contribution in [2.75, 3.05) is 0 Å². The van der Waals surface area contributed by atoms with E-state index in [4.69, 9.17) is 0 Å². The summed E-state index contributed by atoms with van der Waals surface area (Å²) >= 11 is 0. The minimum absolute atomic E-state index is 0.300. The molecule has 1 aliphatic heterocycles. The summed E-state index contributed by atoms with van der Waals surface area (Å²) in [7, 11) is 0. The number of hydrogen-bond donors (Lipinski definition) is 1. The van der Waals surface area contributed by atoms with E-state index in [9.17, 15) is 4.79 Å². The molecule has 1 N–H and O–H groups in total. The average molecular weight is 346 g/mol. The molecule has 0 unspecified atom stereocenters. The van der Waals surface area contributed by atoms with Gasteiger partial charge in [0.1, 0.15) is 0 Å². The maximum Gasteiger partial charge on any atom is 0.220 e. The van der Waals surface area contributed by atoms with Crippen molar-refractivity contribution in [1.29, 1.82) is 0 Å². The van der Waals surface area contributed by atoms with Gasteiger partial charge in [0.2, 0.25) is 5.91 Å². The lowest BCUT2D eigenvalue weighted by Gasteiger charge is -2.62. The fourth-order valence-electron chi connectivity index (χ4n) is 8.08. The van der Waals surface area contributed by atoms with Crippen LogP contribution in [-0.4, -0.2) is 11.9 Å². The van der Waals surface area contributed by atoms with Crippen LogP contribution in [0.1, 0.15) is 91.9 Å². The Morgan fingerprint density at radius 1 is 1.08 bits per heavy atom. The van der Waals surface area contributed by atoms with Gasteiger partial charge >= 0.3 is 0 Å². The minimum atomic E-state index is 0.300. The summed E-state index contributed by atoms with van der Waals surface area (Å²) in [6, 6.07) is 0.437. The fraction of sp³-hybridized carbons (Fsp3) is 0.957. The van der Waals surface area contributed by atoms with Crippen molar-refractivity contribution in [2.24, 2.45) is 40.4 Å². The maximum atomic E-state index is 12.0. The van der Waals surface area contributed by atoms with Gasteiger partial charge in [-0.1, -0.05) is 40.5 Å². The minimum Gasteiger partial charge on any atom is -0.353 e. The van der Waals surface area contributed by atoms with Gasteiger partial charge in [0.15, 0.2) is 0 Å². The Bertz CT molecular complexity index is 530. The normalized spacial score (nSPS) is 52.1. The number of rotatable bonds is 3. The first kappa shape index (κ1) is 17.9. The number of fused-ring (bicyclic) bond motifs is 5. The molecule has 25 heavy (non-hydrogen) atoms. The molecule has 0 aromatic rings. The van der Waals surface area contributed by atoms with E-state index in [1.165, 1.54) is 51.4 Å². The summed E-state index contributed by atoms with van der Waals surface area (Å²) in [5.74, 6) is 4.73. The van der Waals surface area contributed by atoms with Crippen molar-refractivity contribution in [3.63, 3.8) is 0 Å². The first-order valence-electron chi connectivity index (χ1n) is 11.2. The predicted molar refractivity (Wildman–Crippen MR) is 103 cm³/mol. The molecule has 1 saturated heterocycles. The molecule has 0 bridgehead atoms. The predicted octanol–water partition coefficient (Wildman–Crippen LogP) is 5.56. The molecule has 0 aromatic carbocycles. The van der Waals surface area contributed by atoms with Crippen LogP contribution >= 0.6 is 0 Å². The van der Waals surface area contributed by atoms with E-state index in [2.05, 4.69) is 33.0 Å². The third kappa shape index (κ3) is 2.60. The molecule has 8 atom stereocenters. The van der Waals surface area contributed by atoms with E-state index in [1.54, 1.807) is 0 Å². The van der Waals surface area contributed by atoms with Crippen LogP contribution in [0.25, 0.3) is 0 Å². The van der Waals surface area contributed by atoms with Gasteiger partial charge in [0, 0.05) is 12.5 Å². The number of carbonyl (C=O) groups is 1. The van der Waals surface area contributed by atoms with Crippen molar-refractivity contribution in [3.8, 4) is 0 Å². The molecule has 0 spiro atoms. The molecule has 2 nitrogen and oxygen atoms in total. The molecule has 0 radical (unpaired) electrons. The zero-order valence-electron chi connectivity index (χ0n) is 16.9. The van der Waals surface area contributed by atoms with Crippen molar-refractivity contribution in [2.45, 2.75) is 97.9 Å². The second-order valence-electron chi connectivity index (χ2n) is 10.6. The molecule has 3 saturated carbocycles. The van der Waals surface area contributed by atoms with Crippen LogP contribution in [0.3, 0.4) is 0 Å². The first-order chi connectivity index (χ1) is 11.9. The summed E-state index contributed by atoms with van der Waals surface area (Å²) in [6.45, 7) is 10.0. The Morgan fingerprint density at radius 2 is 1.84 bits per heavy atom. The lowest BCUT2D eigenvalue weighted by Crippen LogP contribution is -2.63. The molecule has 0 aromatic heterocycles. The van der Waals surface area contributed by atoms with E-state index in [-0.39, 0.29) is 0 Å². The Morgan fingerprint density at radius 3 is 2.60 bits per heavy atom. The summed E-state index contributed by atoms with van der Waals surface area (Å²) in [6.07, 6.45) is 13.1. The Balaban J connectivity index is 1.60. The van der Waals surface area contributed by atoms with Crippen molar-refractivity contribution in [3.05, 3.63) is 0 Å². The van der Waals surface area contributed by atoms with Crippen LogP contribution in [0.5, 0.6) is 0 Å². The van der Waals surface area contributed by atoms with Gasteiger partial charge in [-0.3, -0.25) is 4.79 Å². The SMILES string of the molecule is CCCC[C@H]1CC[C@H]2[C@@H]3[C@@H](C)C[C@H]4NC(=O)CC[C@]4(C)[C@H]3CC[C@]12C. The Hall–Kier alpha value is -0.530. The van der Waals surface area contributed by atoms with Crippen molar-refractivity contribution >= 4 is 5.91 Å². The first-order valence-corrected chi connectivity index (χ1v) is 11.2. The molecule has 4 rings (SSSR count). The third-order valence-electron chi connectivity index (χ3n) is 9.57. The maximum absolute atomic E-state index is 12.0. The van der Waals surface area contributed by atoms with E-state index in [0.29, 0.717) is 22.8 Å². The quantitative estimate of drug-likeness (QED) is 0.713. The lowest BCUT2D eigenvalue weighted by atomic mass is 9.45. The van der Waals surface area contributed by atoms with Gasteiger partial charge in [0.05, 0.1) is 0 Å². The highest BCUT2D eigenvalue weighted by molar-refractivity contribution is 5.77. The standard InChI is InChI=1S/C23H39NO/c1-5-6-7-16-8-9-17-21-15(2)14-19-23(4,13-11-20(25)24-19)18(21)10-12-22(16,17)3/h15-19,21H,5-14H2,1-4H3,(H,24,25)/t15-,16-,17-,18-,19+,21-,22+,23+/m0/s1. The second-order valence-corrected chi connectivity index (χ2v) is 10.6. The van der Waals surface area contributed by atoms with Gasteiger partial charge in [-0.05, 0) is 85.4 Å². The smallest absolute Gasteiger partial charge is 0.220 e. The number of carbonyl (C=O) groups excluding carboxylic acids is 1. The Kier molecular flexibility index (Phi) is 4.48. The van der Waals surface area contributed by atoms with Gasteiger partial charge in [0.25, 0.3) is 0 Å². The molecule has 3 aliphatic carbocycles. The van der Waals surface area contributed by atoms with Gasteiger partial charge in [-0.2, -0.15) is 0 Å². The van der Waals surface area contributed by atoms with Gasteiger partial charge < -0.3 is 5.32 Å². The zero-order valence-corrected chi connectivity index (χ0v) is 16.9. The van der Waals surface area contributed by atoms with Gasteiger partial charge in [-0.25, -0.2) is 0 Å². The fourth-order valence-corrected chi connectivity index (χ4v) is 8.08. The molecule has 1 amide bonds. The highest BCUT2D eigenvalue weighted by Gasteiger charge is 2.61. The molecule has 1 heterocycles. The molecule has 142 valence electrons. The average Bonchev–Trinajstić information content (AvgIpc) is 2.91. The van der Waals surface area contributed by atoms with E-state index in [0.717, 1.165) is 42.4 Å². The van der Waals surface area contributed by atoms with Crippen LogP contribution < -0.4 is 5.32 Å². The van der Waals surface area contributed by atoms with Crippen LogP contribution in [0.15, 0.2) is 0 Å². The highest BCUT2D eigenvalue weighted by Crippen LogP contribution is 2.67. The Labute approximate surface area is 154 Å². The van der Waals surface area contributed by atoms with E-state index < -0.39 is 0 Å². The summed E-state index contributed by atoms with van der Waals surface area (Å²) in [4.78, 5) is 12.0. The van der Waals surface area contributed by atoms with Crippen LogP contribution in [0.2, 0.25) is 0 Å². The van der Waals surface area contributed by atoms with Crippen LogP contribution in [-0.2, 0) is 4.79 Å². The number of hydrogen-bond acceptors (Lipinski definition) is 1. The lowest BCUT2D eigenvalue weighted by molar-refractivity contribution is -0.143. The monoisotopic (exact) mass is 345 g/mol. The summed E-state index contributed by atoms with van der Waals surface area (Å²) in [5.41, 5.74) is 0.958. The topological polar surface area (TPSA) is 29.1 Å². The molecule has 4 fully saturated rings. The summed E-state index contributed by atoms with van der Waals surface area (Å²) < 4.78 is 0. The number of unbranched alkanes of at least 4 members (excludes halogenated alkanes) is 1.